The summed E-state index contributed by atoms with van der Waals surface area (Å²) in [7, 11) is 0. The molecular weight excluding hydrogens is 572 g/mol. The fourth-order valence-electron chi connectivity index (χ4n) is 4.96. The molecule has 6 rings (SSSR count). The highest BCUT2D eigenvalue weighted by molar-refractivity contribution is 6.04. The first kappa shape index (κ1) is 30.0. The molecule has 0 fully saturated rings. The molecule has 6 nitrogen and oxygen atoms in total. The first-order chi connectivity index (χ1) is 22.3. The molecule has 0 spiro atoms. The van der Waals surface area contributed by atoms with E-state index in [9.17, 15) is 4.79 Å². The molecule has 228 valence electrons. The zero-order valence-corrected chi connectivity index (χ0v) is 25.6. The summed E-state index contributed by atoms with van der Waals surface area (Å²) < 4.78 is 17.8. The van der Waals surface area contributed by atoms with Gasteiger partial charge in [-0.3, -0.25) is 4.79 Å². The Balaban J connectivity index is 1.03. The largest absolute Gasteiger partial charge is 0.457 e. The molecule has 6 heteroatoms. The van der Waals surface area contributed by atoms with Crippen LogP contribution in [0.2, 0.25) is 0 Å². The monoisotopic (exact) mass is 606 g/mol. The number of nitrogens with one attached hydrogen (secondary N) is 1. The summed E-state index contributed by atoms with van der Waals surface area (Å²) in [5.41, 5.74) is 9.77. The maximum Gasteiger partial charge on any atom is 0.255 e. The molecule has 0 aliphatic carbocycles. The van der Waals surface area contributed by atoms with Crippen LogP contribution in [-0.2, 0) is 5.41 Å². The number of carbonyl (C=O) groups is 1. The van der Waals surface area contributed by atoms with Crippen molar-refractivity contribution in [2.45, 2.75) is 19.3 Å². The highest BCUT2D eigenvalue weighted by Crippen LogP contribution is 2.35. The van der Waals surface area contributed by atoms with Crippen LogP contribution < -0.4 is 25.3 Å². The molecule has 0 aromatic heterocycles. The SMILES string of the molecule is CC(C)(c1ccc(Oc2ccc(N)cc2)cc1)c1ccc(Oc2ccc(NC(=O)c3ccc(Oc4ccccc4)cc3)cc2)cc1. The molecule has 0 saturated carbocycles. The summed E-state index contributed by atoms with van der Waals surface area (Å²) in [4.78, 5) is 12.8. The van der Waals surface area contributed by atoms with Crippen LogP contribution in [0.25, 0.3) is 0 Å². The molecule has 6 aromatic carbocycles. The van der Waals surface area contributed by atoms with Crippen molar-refractivity contribution in [3.05, 3.63) is 168 Å². The molecule has 6 aromatic rings. The molecule has 1 amide bonds. The number of ether oxygens (including phenoxy) is 3. The lowest BCUT2D eigenvalue weighted by atomic mass is 9.78. The molecule has 0 aliphatic rings. The molecule has 46 heavy (non-hydrogen) atoms. The van der Waals surface area contributed by atoms with Gasteiger partial charge in [0.1, 0.15) is 34.5 Å². The third-order valence-corrected chi connectivity index (χ3v) is 7.71. The van der Waals surface area contributed by atoms with E-state index in [-0.39, 0.29) is 11.3 Å². The molecule has 0 unspecified atom stereocenters. The van der Waals surface area contributed by atoms with Gasteiger partial charge in [0, 0.05) is 22.4 Å². The Morgan fingerprint density at radius 2 is 0.870 bits per heavy atom. The minimum atomic E-state index is -0.229. The van der Waals surface area contributed by atoms with E-state index in [1.807, 2.05) is 103 Å². The summed E-state index contributed by atoms with van der Waals surface area (Å²) in [5, 5.41) is 2.93. The summed E-state index contributed by atoms with van der Waals surface area (Å²) in [6.07, 6.45) is 0. The van der Waals surface area contributed by atoms with Gasteiger partial charge in [-0.1, -0.05) is 56.3 Å². The van der Waals surface area contributed by atoms with Gasteiger partial charge >= 0.3 is 0 Å². The smallest absolute Gasteiger partial charge is 0.255 e. The van der Waals surface area contributed by atoms with Crippen LogP contribution in [0.1, 0.15) is 35.3 Å². The molecule has 0 atom stereocenters. The van der Waals surface area contributed by atoms with E-state index in [1.165, 1.54) is 5.56 Å². The number of nitrogens with two attached hydrogens (primary N) is 1. The lowest BCUT2D eigenvalue weighted by Crippen LogP contribution is -2.18. The predicted molar refractivity (Wildman–Crippen MR) is 183 cm³/mol. The Kier molecular flexibility index (Phi) is 8.70. The van der Waals surface area contributed by atoms with Crippen molar-refractivity contribution in [1.29, 1.82) is 0 Å². The van der Waals surface area contributed by atoms with Gasteiger partial charge < -0.3 is 25.3 Å². The number of nitrogen functional groups attached to an aromatic ring is 1. The Morgan fingerprint density at radius 1 is 0.500 bits per heavy atom. The van der Waals surface area contributed by atoms with Crippen molar-refractivity contribution in [2.75, 3.05) is 11.1 Å². The molecular formula is C40H34N2O4. The number of carbonyl (C=O) groups excluding carboxylic acids is 1. The van der Waals surface area contributed by atoms with Gasteiger partial charge in [0.25, 0.3) is 5.91 Å². The van der Waals surface area contributed by atoms with Crippen molar-refractivity contribution in [3.8, 4) is 34.5 Å². The standard InChI is InChI=1S/C40H34N2O4/c1-40(2,29-10-20-35(21-11-29)45-37-24-14-31(41)15-25-37)30-12-22-36(23-13-30)46-38-26-16-32(17-27-38)42-39(43)28-8-18-34(19-9-28)44-33-6-4-3-5-7-33/h3-27H,41H2,1-2H3,(H,42,43). The van der Waals surface area contributed by atoms with Crippen LogP contribution in [0.3, 0.4) is 0 Å². The highest BCUT2D eigenvalue weighted by atomic mass is 16.5. The first-order valence-electron chi connectivity index (χ1n) is 15.0. The fourth-order valence-corrected chi connectivity index (χ4v) is 4.96. The number of rotatable bonds is 10. The van der Waals surface area contributed by atoms with Gasteiger partial charge in [0.05, 0.1) is 0 Å². The van der Waals surface area contributed by atoms with Gasteiger partial charge in [-0.2, -0.15) is 0 Å². The van der Waals surface area contributed by atoms with E-state index in [4.69, 9.17) is 19.9 Å². The van der Waals surface area contributed by atoms with Crippen molar-refractivity contribution in [3.63, 3.8) is 0 Å². The third kappa shape index (κ3) is 7.37. The number of hydrogen-bond acceptors (Lipinski definition) is 5. The zero-order chi connectivity index (χ0) is 31.9. The molecule has 0 saturated heterocycles. The minimum absolute atomic E-state index is 0.206. The molecule has 3 N–H and O–H groups in total. The number of amides is 1. The Morgan fingerprint density at radius 3 is 1.33 bits per heavy atom. The van der Waals surface area contributed by atoms with Crippen LogP contribution in [0, 0.1) is 0 Å². The van der Waals surface area contributed by atoms with E-state index in [0.29, 0.717) is 28.4 Å². The van der Waals surface area contributed by atoms with Gasteiger partial charge in [-0.15, -0.1) is 0 Å². The summed E-state index contributed by atoms with van der Waals surface area (Å²) in [5.74, 6) is 4.10. The number of para-hydroxylation sites is 1. The van der Waals surface area contributed by atoms with Gasteiger partial charge in [0.2, 0.25) is 0 Å². The predicted octanol–water partition coefficient (Wildman–Crippen LogP) is 10.2. The van der Waals surface area contributed by atoms with Crippen LogP contribution >= 0.6 is 0 Å². The number of anilines is 2. The van der Waals surface area contributed by atoms with Crippen LogP contribution in [-0.4, -0.2) is 5.91 Å². The fraction of sp³-hybridized carbons (Fsp3) is 0.0750. The first-order valence-corrected chi connectivity index (χ1v) is 15.0. The van der Waals surface area contributed by atoms with E-state index in [1.54, 1.807) is 24.3 Å². The summed E-state index contributed by atoms with van der Waals surface area (Å²) in [6, 6.07) is 47.4. The van der Waals surface area contributed by atoms with E-state index in [2.05, 4.69) is 43.4 Å². The lowest BCUT2D eigenvalue weighted by Gasteiger charge is -2.26. The van der Waals surface area contributed by atoms with Crippen LogP contribution in [0.5, 0.6) is 34.5 Å². The highest BCUT2D eigenvalue weighted by Gasteiger charge is 2.23. The number of hydrogen-bond donors (Lipinski definition) is 2. The second-order valence-electron chi connectivity index (χ2n) is 11.4. The van der Waals surface area contributed by atoms with Crippen molar-refractivity contribution in [2.24, 2.45) is 0 Å². The van der Waals surface area contributed by atoms with Crippen molar-refractivity contribution >= 4 is 17.3 Å². The Bertz CT molecular complexity index is 1880. The molecule has 0 bridgehead atoms. The molecule has 0 heterocycles. The topological polar surface area (TPSA) is 82.8 Å². The van der Waals surface area contributed by atoms with Crippen molar-refractivity contribution < 1.29 is 19.0 Å². The van der Waals surface area contributed by atoms with Gasteiger partial charge in [-0.25, -0.2) is 0 Å². The summed E-state index contributed by atoms with van der Waals surface area (Å²) >= 11 is 0. The normalized spacial score (nSPS) is 11.0. The molecule has 0 aliphatic heterocycles. The Labute approximate surface area is 269 Å². The third-order valence-electron chi connectivity index (χ3n) is 7.71. The van der Waals surface area contributed by atoms with Crippen molar-refractivity contribution in [1.82, 2.24) is 0 Å². The van der Waals surface area contributed by atoms with Gasteiger partial charge in [0.15, 0.2) is 0 Å². The average Bonchev–Trinajstić information content (AvgIpc) is 3.08. The number of benzene rings is 6. The lowest BCUT2D eigenvalue weighted by molar-refractivity contribution is 0.102. The van der Waals surface area contributed by atoms with Crippen LogP contribution in [0.4, 0.5) is 11.4 Å². The van der Waals surface area contributed by atoms with E-state index in [0.717, 1.165) is 28.6 Å². The summed E-state index contributed by atoms with van der Waals surface area (Å²) in [6.45, 7) is 4.39. The second kappa shape index (κ2) is 13.3. The van der Waals surface area contributed by atoms with E-state index >= 15 is 0 Å². The quantitative estimate of drug-likeness (QED) is 0.152. The second-order valence-corrected chi connectivity index (χ2v) is 11.4. The van der Waals surface area contributed by atoms with Crippen LogP contribution in [0.15, 0.2) is 152 Å². The maximum atomic E-state index is 12.8. The average molecular weight is 607 g/mol. The Hall–Kier alpha value is -6.01. The minimum Gasteiger partial charge on any atom is -0.457 e. The maximum absolute atomic E-state index is 12.8. The zero-order valence-electron chi connectivity index (χ0n) is 25.6. The van der Waals surface area contributed by atoms with Gasteiger partial charge in [-0.05, 0) is 120 Å². The molecule has 0 radical (unpaired) electrons. The van der Waals surface area contributed by atoms with E-state index < -0.39 is 0 Å².